The van der Waals surface area contributed by atoms with Crippen LogP contribution in [-0.4, -0.2) is 108 Å². The molecule has 1 unspecified atom stereocenters. The first-order chi connectivity index (χ1) is 21.8. The molecular weight excluding hydrogens is 659 g/mol. The summed E-state index contributed by atoms with van der Waals surface area (Å²) in [5.74, 6) is -0.505. The molecule has 0 saturated carbocycles. The molecule has 4 heterocycles. The molecule has 2 aromatic rings. The quantitative estimate of drug-likeness (QED) is 0.0661. The number of carbonyl (C=O) groups is 1. The van der Waals surface area contributed by atoms with Gasteiger partial charge in [-0.15, -0.1) is 0 Å². The monoisotopic (exact) mass is 690 g/mol. The van der Waals surface area contributed by atoms with Crippen LogP contribution in [0.15, 0.2) is 38.9 Å². The largest absolute Gasteiger partial charge is 0.394 e. The van der Waals surface area contributed by atoms with E-state index in [-0.39, 0.29) is 18.8 Å². The van der Waals surface area contributed by atoms with E-state index in [1.807, 2.05) is 11.1 Å². The Morgan fingerprint density at radius 3 is 2.52 bits per heavy atom. The van der Waals surface area contributed by atoms with Gasteiger partial charge in [-0.1, -0.05) is 0 Å². The van der Waals surface area contributed by atoms with Crippen LogP contribution >= 0.6 is 6.72 Å². The fourth-order valence-corrected chi connectivity index (χ4v) is 6.06. The van der Waals surface area contributed by atoms with Gasteiger partial charge in [0.25, 0.3) is 5.56 Å². The van der Waals surface area contributed by atoms with E-state index in [0.717, 1.165) is 21.4 Å². The molecule has 0 bridgehead atoms. The number of aliphatic hydroxyl groups excluding tert-OH is 3. The summed E-state index contributed by atoms with van der Waals surface area (Å²) in [5.41, 5.74) is -2.48. The third kappa shape index (κ3) is 8.56. The second kappa shape index (κ2) is 15.6. The molecule has 9 atom stereocenters. The van der Waals surface area contributed by atoms with Gasteiger partial charge in [0.1, 0.15) is 49.2 Å². The number of aromatic amines is 1. The highest BCUT2D eigenvalue weighted by atomic mass is 32.5. The van der Waals surface area contributed by atoms with Crippen LogP contribution in [0.1, 0.15) is 25.8 Å². The third-order valence-corrected chi connectivity index (χ3v) is 8.25. The average Bonchev–Trinajstić information content (AvgIpc) is 3.47. The van der Waals surface area contributed by atoms with Crippen LogP contribution in [0.2, 0.25) is 0 Å². The van der Waals surface area contributed by atoms with Gasteiger partial charge in [-0.2, -0.15) is 10.2 Å². The Hall–Kier alpha value is -3.23. The second-order valence-corrected chi connectivity index (χ2v) is 12.7. The van der Waals surface area contributed by atoms with E-state index in [9.17, 15) is 39.4 Å². The maximum absolute atomic E-state index is 12.8. The van der Waals surface area contributed by atoms with Gasteiger partial charge in [-0.3, -0.25) is 28.2 Å². The van der Waals surface area contributed by atoms with Gasteiger partial charge in [0.2, 0.25) is 5.91 Å². The Balaban J connectivity index is 1.50. The highest BCUT2D eigenvalue weighted by Gasteiger charge is 2.50. The molecule has 0 aromatic carbocycles. The van der Waals surface area contributed by atoms with Crippen LogP contribution in [0.5, 0.6) is 0 Å². The number of ether oxygens (including phenoxy) is 4. The van der Waals surface area contributed by atoms with Gasteiger partial charge in [0, 0.05) is 25.4 Å². The summed E-state index contributed by atoms with van der Waals surface area (Å²) in [6, 6.07) is 4.21. The summed E-state index contributed by atoms with van der Waals surface area (Å²) in [6.07, 6.45) is -8.91. The molecule has 20 nitrogen and oxygen atoms in total. The summed E-state index contributed by atoms with van der Waals surface area (Å²) < 4.78 is 35.3. The van der Waals surface area contributed by atoms with Crippen molar-refractivity contribution in [2.24, 2.45) is 0 Å². The van der Waals surface area contributed by atoms with E-state index in [2.05, 4.69) is 10.3 Å². The van der Waals surface area contributed by atoms with Crippen molar-refractivity contribution in [3.63, 3.8) is 0 Å². The normalized spacial score (nSPS) is 28.9. The first kappa shape index (κ1) is 35.6. The molecule has 0 aliphatic carbocycles. The lowest BCUT2D eigenvalue weighted by atomic mass is 10.1. The molecule has 0 spiro atoms. The van der Waals surface area contributed by atoms with E-state index >= 15 is 0 Å². The first-order valence-electron chi connectivity index (χ1n) is 13.5. The topological polar surface area (TPSA) is 279 Å². The number of hydrogen-bond acceptors (Lipinski definition) is 16. The number of anilines is 1. The molecule has 2 fully saturated rings. The maximum Gasteiger partial charge on any atom is 0.351 e. The van der Waals surface area contributed by atoms with Crippen molar-refractivity contribution in [3.8, 4) is 6.07 Å². The van der Waals surface area contributed by atoms with Gasteiger partial charge in [-0.25, -0.2) is 9.59 Å². The van der Waals surface area contributed by atoms with Gasteiger partial charge >= 0.3 is 18.1 Å². The lowest BCUT2D eigenvalue weighted by Gasteiger charge is -2.28. The van der Waals surface area contributed by atoms with E-state index in [0.29, 0.717) is 0 Å². The average molecular weight is 691 g/mol. The van der Waals surface area contributed by atoms with Crippen molar-refractivity contribution in [1.82, 2.24) is 19.1 Å². The minimum absolute atomic E-state index is 0.000550. The maximum atomic E-state index is 12.8. The minimum atomic E-state index is -4.30. The van der Waals surface area contributed by atoms with Crippen LogP contribution < -0.4 is 22.3 Å². The second-order valence-electron chi connectivity index (χ2n) is 9.90. The molecular formula is C24H31N6O14PS. The molecule has 2 aliphatic rings. The summed E-state index contributed by atoms with van der Waals surface area (Å²) in [5, 5.41) is 42.1. The number of nitrogens with one attached hydrogen (secondary N) is 2. The fourth-order valence-electron chi connectivity index (χ4n) is 4.62. The highest BCUT2D eigenvalue weighted by molar-refractivity contribution is 8.07. The zero-order chi connectivity index (χ0) is 33.6. The minimum Gasteiger partial charge on any atom is -0.394 e. The van der Waals surface area contributed by atoms with Gasteiger partial charge in [0.05, 0.1) is 32.3 Å². The number of nitrogens with zero attached hydrogens (tertiary/aromatic N) is 4. The van der Waals surface area contributed by atoms with Gasteiger partial charge < -0.3 is 49.0 Å². The molecule has 2 saturated heterocycles. The van der Waals surface area contributed by atoms with Crippen molar-refractivity contribution < 1.29 is 53.0 Å². The summed E-state index contributed by atoms with van der Waals surface area (Å²) >= 11 is 5.15. The van der Waals surface area contributed by atoms with E-state index in [1.165, 1.54) is 19.2 Å². The summed E-state index contributed by atoms with van der Waals surface area (Å²) in [7, 11) is 0. The summed E-state index contributed by atoms with van der Waals surface area (Å²) in [4.78, 5) is 64.5. The predicted octanol–water partition coefficient (Wildman–Crippen LogP) is -2.85. The van der Waals surface area contributed by atoms with E-state index < -0.39 is 98.7 Å². The van der Waals surface area contributed by atoms with Gasteiger partial charge in [-0.05, 0) is 17.9 Å². The molecule has 2 aliphatic heterocycles. The third-order valence-electron chi connectivity index (χ3n) is 6.70. The number of nitriles is 1. The van der Waals surface area contributed by atoms with Crippen LogP contribution in [0, 0.1) is 11.3 Å². The number of aromatic nitrogens is 4. The predicted molar refractivity (Wildman–Crippen MR) is 154 cm³/mol. The van der Waals surface area contributed by atoms with E-state index in [1.54, 1.807) is 0 Å². The van der Waals surface area contributed by atoms with Crippen LogP contribution in [0.4, 0.5) is 5.82 Å². The Labute approximate surface area is 263 Å². The van der Waals surface area contributed by atoms with Crippen molar-refractivity contribution in [3.05, 3.63) is 55.8 Å². The lowest BCUT2D eigenvalue weighted by Crippen LogP contribution is -2.40. The Bertz CT molecular complexity index is 1650. The number of hydrogen-bond donors (Lipinski definition) is 6. The molecule has 6 N–H and O–H groups in total. The molecule has 1 amide bonds. The summed E-state index contributed by atoms with van der Waals surface area (Å²) in [6.45, 7) is -4.85. The number of amides is 1. The molecule has 46 heavy (non-hydrogen) atoms. The fraction of sp³-hybridized carbons (Fsp3) is 0.583. The Kier molecular flexibility index (Phi) is 12.1. The Morgan fingerprint density at radius 2 is 1.87 bits per heavy atom. The number of carbonyl (C=O) groups excluding carboxylic acids is 1. The SMILES string of the molecule is CC(=O)Nc1ccn([C@@H]2O[C@H](CO)[C@@H](OP(O)(=S)OC[C@H]3O[C@@H](n4ccc(=O)[nH]c4=O)[C@H](O)[C@@H]3O)[C@H]2OCOCCC#N)c(=O)n1. The van der Waals surface area contributed by atoms with Crippen molar-refractivity contribution in [1.29, 1.82) is 5.26 Å². The zero-order valence-corrected chi connectivity index (χ0v) is 25.7. The molecule has 22 heteroatoms. The number of aliphatic hydroxyl groups is 3. The molecule has 2 aromatic heterocycles. The van der Waals surface area contributed by atoms with E-state index in [4.69, 9.17) is 45.1 Å². The highest BCUT2D eigenvalue weighted by Crippen LogP contribution is 2.50. The van der Waals surface area contributed by atoms with Crippen LogP contribution in [-0.2, 0) is 44.6 Å². The van der Waals surface area contributed by atoms with Crippen molar-refractivity contribution in [2.75, 3.05) is 31.9 Å². The van der Waals surface area contributed by atoms with Crippen molar-refractivity contribution >= 4 is 30.3 Å². The molecule has 252 valence electrons. The molecule has 0 radical (unpaired) electrons. The zero-order valence-electron chi connectivity index (χ0n) is 24.0. The number of H-pyrrole nitrogens is 1. The van der Waals surface area contributed by atoms with Crippen LogP contribution in [0.25, 0.3) is 0 Å². The molecule has 4 rings (SSSR count). The lowest BCUT2D eigenvalue weighted by molar-refractivity contribution is -0.137. The van der Waals surface area contributed by atoms with Crippen molar-refractivity contribution in [2.45, 2.75) is 62.4 Å². The Morgan fingerprint density at radius 1 is 1.15 bits per heavy atom. The van der Waals surface area contributed by atoms with Crippen LogP contribution in [0.3, 0.4) is 0 Å². The first-order valence-corrected chi connectivity index (χ1v) is 16.1. The standard InChI is InChI=1S/C24H31N6O14PS/c1-12(32)26-15-3-6-30(23(36)27-15)22-20(40-11-39-8-2-5-25)19(13(9-31)42-22)44-45(38,46)41-10-14-17(34)18(35)21(43-14)29-7-4-16(33)28-24(29)37/h3-4,6-7,13-14,17-22,31,34-35H,2,8-11H2,1H3,(H,38,46)(H,28,33,37)(H,26,27,32,36)/t13-,14-,17-,18-,19-,20-,21-,22-,45?/m1/s1. The number of rotatable bonds is 14. The van der Waals surface area contributed by atoms with Gasteiger partial charge in [0.15, 0.2) is 12.5 Å². The smallest absolute Gasteiger partial charge is 0.351 e.